The summed E-state index contributed by atoms with van der Waals surface area (Å²) in [6, 6.07) is 7.96. The molecule has 2 aromatic heterocycles. The summed E-state index contributed by atoms with van der Waals surface area (Å²) in [5.41, 5.74) is 3.03. The lowest BCUT2D eigenvalue weighted by molar-refractivity contribution is 0.0825. The second kappa shape index (κ2) is 9.61. The van der Waals surface area contributed by atoms with Crippen molar-refractivity contribution < 1.29 is 13.5 Å². The van der Waals surface area contributed by atoms with Gasteiger partial charge < -0.3 is 14.5 Å². The molecule has 7 nitrogen and oxygen atoms in total. The number of aromatic nitrogens is 3. The number of rotatable bonds is 6. The predicted molar refractivity (Wildman–Crippen MR) is 138 cm³/mol. The Bertz CT molecular complexity index is 1300. The molecule has 0 spiro atoms. The van der Waals surface area contributed by atoms with Crippen LogP contribution in [0.1, 0.15) is 30.9 Å². The quantitative estimate of drug-likeness (QED) is 0.505. The minimum Gasteiger partial charge on any atom is -0.486 e. The molecule has 3 aliphatic rings. The standard InChI is InChI=1S/C28H32F2N6O/c1-17(2)36-6-7-37-28-22(29)8-19(9-24(28)36)27-23(30)12-32-26(33-27)10-21-5-4-18(11-31-21)13-35-15-20-14-34(3)25(20)16-35/h4-5,8-9,11-12,17,20,25H,6-7,10,13-16H2,1-3H3. The molecular formula is C28H32F2N6O. The van der Waals surface area contributed by atoms with E-state index in [1.54, 1.807) is 6.07 Å². The minimum absolute atomic E-state index is 0.0752. The largest absolute Gasteiger partial charge is 0.486 e. The molecule has 37 heavy (non-hydrogen) atoms. The number of nitrogens with zero attached hydrogens (tertiary/aromatic N) is 6. The van der Waals surface area contributed by atoms with Gasteiger partial charge in [0.15, 0.2) is 17.4 Å². The van der Waals surface area contributed by atoms with Crippen LogP contribution < -0.4 is 9.64 Å². The number of halogens is 2. The molecular weight excluding hydrogens is 474 g/mol. The van der Waals surface area contributed by atoms with Crippen LogP contribution in [-0.4, -0.2) is 76.7 Å². The molecule has 9 heteroatoms. The molecule has 3 aromatic rings. The first-order chi connectivity index (χ1) is 17.9. The highest BCUT2D eigenvalue weighted by Gasteiger charge is 2.43. The van der Waals surface area contributed by atoms with Crippen molar-refractivity contribution in [1.82, 2.24) is 24.8 Å². The summed E-state index contributed by atoms with van der Waals surface area (Å²) in [5.74, 6) is 0.325. The number of hydrogen-bond donors (Lipinski definition) is 0. The van der Waals surface area contributed by atoms with Crippen LogP contribution in [0.4, 0.5) is 14.5 Å². The monoisotopic (exact) mass is 506 g/mol. The Morgan fingerprint density at radius 1 is 1.05 bits per heavy atom. The van der Waals surface area contributed by atoms with Crippen LogP contribution in [0.5, 0.6) is 5.75 Å². The van der Waals surface area contributed by atoms with Gasteiger partial charge in [0.1, 0.15) is 18.1 Å². The number of fused-ring (bicyclic) bond motifs is 2. The van der Waals surface area contributed by atoms with Crippen molar-refractivity contribution in [2.24, 2.45) is 5.92 Å². The zero-order chi connectivity index (χ0) is 25.7. The predicted octanol–water partition coefficient (Wildman–Crippen LogP) is 3.76. The van der Waals surface area contributed by atoms with Gasteiger partial charge in [0, 0.05) is 61.6 Å². The number of likely N-dealkylation sites (N-methyl/N-ethyl adjacent to an activating group) is 1. The molecule has 2 atom stereocenters. The van der Waals surface area contributed by atoms with E-state index in [4.69, 9.17) is 4.74 Å². The van der Waals surface area contributed by atoms with Crippen LogP contribution in [0.15, 0.2) is 36.7 Å². The summed E-state index contributed by atoms with van der Waals surface area (Å²) in [4.78, 5) is 20.2. The number of pyridine rings is 1. The molecule has 0 N–H and O–H groups in total. The first-order valence-electron chi connectivity index (χ1n) is 13.0. The van der Waals surface area contributed by atoms with E-state index >= 15 is 0 Å². The fourth-order valence-electron chi connectivity index (χ4n) is 5.86. The minimum atomic E-state index is -0.593. The molecule has 0 bridgehead atoms. The van der Waals surface area contributed by atoms with Crippen molar-refractivity contribution in [2.45, 2.75) is 38.9 Å². The Hall–Kier alpha value is -3.17. The van der Waals surface area contributed by atoms with Crippen LogP contribution in [0.3, 0.4) is 0 Å². The van der Waals surface area contributed by atoms with E-state index in [0.717, 1.165) is 37.4 Å². The van der Waals surface area contributed by atoms with E-state index in [2.05, 4.69) is 42.8 Å². The van der Waals surface area contributed by atoms with Gasteiger partial charge in [-0.25, -0.2) is 18.7 Å². The molecule has 2 fully saturated rings. The molecule has 3 aliphatic heterocycles. The number of hydrogen-bond acceptors (Lipinski definition) is 7. The summed E-state index contributed by atoms with van der Waals surface area (Å²) >= 11 is 0. The summed E-state index contributed by atoms with van der Waals surface area (Å²) in [5, 5.41) is 0. The first-order valence-corrected chi connectivity index (χ1v) is 13.0. The Balaban J connectivity index is 1.19. The van der Waals surface area contributed by atoms with Crippen molar-refractivity contribution in [3.8, 4) is 17.0 Å². The fourth-order valence-corrected chi connectivity index (χ4v) is 5.86. The Labute approximate surface area is 216 Å². The summed E-state index contributed by atoms with van der Waals surface area (Å²) in [6.45, 7) is 9.47. The maximum Gasteiger partial charge on any atom is 0.178 e. The van der Waals surface area contributed by atoms with Crippen LogP contribution in [0, 0.1) is 17.6 Å². The zero-order valence-corrected chi connectivity index (χ0v) is 21.5. The van der Waals surface area contributed by atoms with Crippen molar-refractivity contribution in [1.29, 1.82) is 0 Å². The topological polar surface area (TPSA) is 57.6 Å². The Morgan fingerprint density at radius 2 is 1.92 bits per heavy atom. The highest BCUT2D eigenvalue weighted by molar-refractivity contribution is 5.72. The third-order valence-electron chi connectivity index (χ3n) is 7.80. The van der Waals surface area contributed by atoms with Crippen molar-refractivity contribution in [2.75, 3.05) is 44.7 Å². The van der Waals surface area contributed by atoms with Gasteiger partial charge >= 0.3 is 0 Å². The van der Waals surface area contributed by atoms with Gasteiger partial charge in [-0.1, -0.05) is 6.07 Å². The van der Waals surface area contributed by atoms with Gasteiger partial charge in [0.05, 0.1) is 24.8 Å². The molecule has 194 valence electrons. The molecule has 0 saturated carbocycles. The lowest BCUT2D eigenvalue weighted by atomic mass is 9.93. The summed E-state index contributed by atoms with van der Waals surface area (Å²) in [7, 11) is 2.20. The second-order valence-electron chi connectivity index (χ2n) is 10.7. The van der Waals surface area contributed by atoms with Crippen molar-refractivity contribution in [3.63, 3.8) is 0 Å². The lowest BCUT2D eigenvalue weighted by Gasteiger charge is -2.40. The van der Waals surface area contributed by atoms with Gasteiger partial charge in [0.2, 0.25) is 0 Å². The van der Waals surface area contributed by atoms with Crippen LogP contribution in [0.2, 0.25) is 0 Å². The maximum atomic E-state index is 14.9. The van der Waals surface area contributed by atoms with E-state index in [1.165, 1.54) is 18.2 Å². The third-order valence-corrected chi connectivity index (χ3v) is 7.80. The van der Waals surface area contributed by atoms with Gasteiger partial charge in [0.25, 0.3) is 0 Å². The van der Waals surface area contributed by atoms with E-state index in [-0.39, 0.29) is 17.5 Å². The normalized spacial score (nSPS) is 21.5. The van der Waals surface area contributed by atoms with Gasteiger partial charge in [-0.2, -0.15) is 0 Å². The fraction of sp³-hybridized carbons (Fsp3) is 0.464. The molecule has 0 amide bonds. The molecule has 2 unspecified atom stereocenters. The number of likely N-dealkylation sites (tertiary alicyclic amines) is 2. The smallest absolute Gasteiger partial charge is 0.178 e. The second-order valence-corrected chi connectivity index (χ2v) is 10.7. The highest BCUT2D eigenvalue weighted by Crippen LogP contribution is 2.39. The highest BCUT2D eigenvalue weighted by atomic mass is 19.1. The van der Waals surface area contributed by atoms with E-state index < -0.39 is 11.6 Å². The zero-order valence-electron chi connectivity index (χ0n) is 21.5. The van der Waals surface area contributed by atoms with Gasteiger partial charge in [-0.15, -0.1) is 0 Å². The molecule has 5 heterocycles. The summed E-state index contributed by atoms with van der Waals surface area (Å²) in [6.07, 6.45) is 3.42. The van der Waals surface area contributed by atoms with Crippen LogP contribution >= 0.6 is 0 Å². The molecule has 2 saturated heterocycles. The van der Waals surface area contributed by atoms with E-state index in [1.807, 2.05) is 26.1 Å². The van der Waals surface area contributed by atoms with Crippen molar-refractivity contribution >= 4 is 5.69 Å². The Kier molecular flexibility index (Phi) is 6.28. The van der Waals surface area contributed by atoms with Crippen LogP contribution in [0.25, 0.3) is 11.3 Å². The lowest BCUT2D eigenvalue weighted by Crippen LogP contribution is -2.52. The number of ether oxygens (including phenoxy) is 1. The summed E-state index contributed by atoms with van der Waals surface area (Å²) < 4.78 is 35.3. The van der Waals surface area contributed by atoms with Gasteiger partial charge in [-0.3, -0.25) is 9.88 Å². The first kappa shape index (κ1) is 24.2. The van der Waals surface area contributed by atoms with E-state index in [9.17, 15) is 8.78 Å². The van der Waals surface area contributed by atoms with Crippen molar-refractivity contribution in [3.05, 3.63) is 65.4 Å². The van der Waals surface area contributed by atoms with Crippen LogP contribution in [-0.2, 0) is 13.0 Å². The molecule has 6 rings (SSSR count). The molecule has 0 aliphatic carbocycles. The third kappa shape index (κ3) is 4.66. The molecule has 1 aromatic carbocycles. The van der Waals surface area contributed by atoms with Gasteiger partial charge in [-0.05, 0) is 44.7 Å². The Morgan fingerprint density at radius 3 is 2.65 bits per heavy atom. The average molecular weight is 507 g/mol. The average Bonchev–Trinajstić information content (AvgIpc) is 3.21. The van der Waals surface area contributed by atoms with E-state index in [0.29, 0.717) is 42.7 Å². The molecule has 0 radical (unpaired) electrons. The SMILES string of the molecule is CC(C)N1CCOc2c(F)cc(-c3nc(Cc4ccc(CN5CC6CN(C)C6C5)cn4)ncc3F)cc21. The number of benzene rings is 1. The number of anilines is 1. The maximum absolute atomic E-state index is 14.9.